The fourth-order valence-corrected chi connectivity index (χ4v) is 2.08. The number of hydrogen-bond acceptors (Lipinski definition) is 2. The van der Waals surface area contributed by atoms with Crippen molar-refractivity contribution in [1.82, 2.24) is 5.32 Å². The van der Waals surface area contributed by atoms with Crippen LogP contribution in [0.1, 0.15) is 34.4 Å². The van der Waals surface area contributed by atoms with E-state index in [-0.39, 0.29) is 5.91 Å². The summed E-state index contributed by atoms with van der Waals surface area (Å²) in [6, 6.07) is 11.6. The molecule has 1 aromatic carbocycles. The quantitative estimate of drug-likeness (QED) is 0.854. The molecular formula is C15H16BrNO2. The third kappa shape index (κ3) is 3.70. The molecular weight excluding hydrogens is 306 g/mol. The number of carbonyl (C=O) groups excluding carboxylic acids is 1. The topological polar surface area (TPSA) is 42.2 Å². The maximum absolute atomic E-state index is 11.9. The molecule has 0 aliphatic carbocycles. The summed E-state index contributed by atoms with van der Waals surface area (Å²) in [4.78, 5) is 11.9. The maximum atomic E-state index is 11.9. The smallest absolute Gasteiger partial charge is 0.287 e. The fraction of sp³-hybridized carbons (Fsp3) is 0.267. The summed E-state index contributed by atoms with van der Waals surface area (Å²) in [6.45, 7) is 2.50. The van der Waals surface area contributed by atoms with Crippen LogP contribution in [0.15, 0.2) is 40.8 Å². The molecule has 0 atom stereocenters. The lowest BCUT2D eigenvalue weighted by atomic mass is 10.1. The standard InChI is InChI=1S/C15H16BrNO2/c1-2-13-7-8-14(19-13)15(18)17-10-12-5-3-11(9-16)4-6-12/h3-8H,2,9-10H2,1H3,(H,17,18). The van der Waals surface area contributed by atoms with E-state index in [2.05, 4.69) is 21.2 Å². The molecule has 2 rings (SSSR count). The van der Waals surface area contributed by atoms with Gasteiger partial charge in [0, 0.05) is 18.3 Å². The molecule has 1 amide bonds. The van der Waals surface area contributed by atoms with E-state index in [1.165, 1.54) is 5.56 Å². The summed E-state index contributed by atoms with van der Waals surface area (Å²) in [5.74, 6) is 1.02. The van der Waals surface area contributed by atoms with Crippen LogP contribution in [0.2, 0.25) is 0 Å². The maximum Gasteiger partial charge on any atom is 0.287 e. The molecule has 100 valence electrons. The Kier molecular flexibility index (Phi) is 4.80. The van der Waals surface area contributed by atoms with E-state index in [9.17, 15) is 4.79 Å². The van der Waals surface area contributed by atoms with Crippen molar-refractivity contribution in [2.75, 3.05) is 0 Å². The van der Waals surface area contributed by atoms with E-state index in [4.69, 9.17) is 4.42 Å². The van der Waals surface area contributed by atoms with Crippen LogP contribution >= 0.6 is 15.9 Å². The summed E-state index contributed by atoms with van der Waals surface area (Å²) in [7, 11) is 0. The number of nitrogens with one attached hydrogen (secondary N) is 1. The molecule has 0 fully saturated rings. The van der Waals surface area contributed by atoms with E-state index in [1.807, 2.05) is 37.3 Å². The van der Waals surface area contributed by atoms with Crippen LogP contribution in [0.4, 0.5) is 0 Å². The third-order valence-electron chi connectivity index (χ3n) is 2.86. The van der Waals surface area contributed by atoms with Gasteiger partial charge in [-0.1, -0.05) is 47.1 Å². The van der Waals surface area contributed by atoms with Crippen molar-refractivity contribution >= 4 is 21.8 Å². The zero-order valence-corrected chi connectivity index (χ0v) is 12.4. The first-order chi connectivity index (χ1) is 9.22. The summed E-state index contributed by atoms with van der Waals surface area (Å²) in [5.41, 5.74) is 2.29. The van der Waals surface area contributed by atoms with Gasteiger partial charge in [-0.15, -0.1) is 0 Å². The Morgan fingerprint density at radius 2 is 1.84 bits per heavy atom. The summed E-state index contributed by atoms with van der Waals surface area (Å²) < 4.78 is 5.40. The van der Waals surface area contributed by atoms with E-state index >= 15 is 0 Å². The molecule has 0 radical (unpaired) electrons. The van der Waals surface area contributed by atoms with Gasteiger partial charge in [-0.2, -0.15) is 0 Å². The van der Waals surface area contributed by atoms with Gasteiger partial charge in [0.2, 0.25) is 0 Å². The largest absolute Gasteiger partial charge is 0.456 e. The highest BCUT2D eigenvalue weighted by Gasteiger charge is 2.09. The van der Waals surface area contributed by atoms with E-state index < -0.39 is 0 Å². The SMILES string of the molecule is CCc1ccc(C(=O)NCc2ccc(CBr)cc2)o1. The number of hydrogen-bond donors (Lipinski definition) is 1. The molecule has 0 saturated heterocycles. The molecule has 0 saturated carbocycles. The van der Waals surface area contributed by atoms with Crippen LogP contribution in [0.5, 0.6) is 0 Å². The summed E-state index contributed by atoms with van der Waals surface area (Å²) in [6.07, 6.45) is 0.793. The molecule has 0 aliphatic heterocycles. The van der Waals surface area contributed by atoms with Gasteiger partial charge in [-0.25, -0.2) is 0 Å². The second kappa shape index (κ2) is 6.57. The minimum Gasteiger partial charge on any atom is -0.456 e. The van der Waals surface area contributed by atoms with Gasteiger partial charge < -0.3 is 9.73 Å². The van der Waals surface area contributed by atoms with Gasteiger partial charge in [0.05, 0.1) is 0 Å². The van der Waals surface area contributed by atoms with Crippen molar-refractivity contribution in [3.05, 3.63) is 59.0 Å². The minimum absolute atomic E-state index is 0.177. The minimum atomic E-state index is -0.177. The monoisotopic (exact) mass is 321 g/mol. The highest BCUT2D eigenvalue weighted by molar-refractivity contribution is 9.08. The van der Waals surface area contributed by atoms with E-state index in [0.717, 1.165) is 23.1 Å². The Morgan fingerprint density at radius 3 is 2.42 bits per heavy atom. The predicted octanol–water partition coefficient (Wildman–Crippen LogP) is 3.67. The number of aryl methyl sites for hydroxylation is 1. The number of alkyl halides is 1. The van der Waals surface area contributed by atoms with Gasteiger partial charge in [-0.05, 0) is 23.3 Å². The lowest BCUT2D eigenvalue weighted by molar-refractivity contribution is 0.0921. The van der Waals surface area contributed by atoms with Crippen LogP contribution < -0.4 is 5.32 Å². The van der Waals surface area contributed by atoms with Crippen LogP contribution in [0.3, 0.4) is 0 Å². The second-order valence-electron chi connectivity index (χ2n) is 4.25. The van der Waals surface area contributed by atoms with Crippen molar-refractivity contribution in [3.8, 4) is 0 Å². The van der Waals surface area contributed by atoms with E-state index in [1.54, 1.807) is 6.07 Å². The van der Waals surface area contributed by atoms with Crippen molar-refractivity contribution in [2.45, 2.75) is 25.2 Å². The first kappa shape index (κ1) is 13.9. The molecule has 0 spiro atoms. The van der Waals surface area contributed by atoms with Gasteiger partial charge in [-0.3, -0.25) is 4.79 Å². The molecule has 1 N–H and O–H groups in total. The second-order valence-corrected chi connectivity index (χ2v) is 4.81. The third-order valence-corrected chi connectivity index (χ3v) is 3.51. The number of rotatable bonds is 5. The van der Waals surface area contributed by atoms with Crippen LogP contribution in [0, 0.1) is 0 Å². The van der Waals surface area contributed by atoms with Gasteiger partial charge in [0.15, 0.2) is 5.76 Å². The zero-order chi connectivity index (χ0) is 13.7. The number of amides is 1. The van der Waals surface area contributed by atoms with Crippen molar-refractivity contribution in [1.29, 1.82) is 0 Å². The normalized spacial score (nSPS) is 10.4. The first-order valence-corrected chi connectivity index (χ1v) is 7.35. The van der Waals surface area contributed by atoms with Crippen molar-refractivity contribution < 1.29 is 9.21 Å². The Hall–Kier alpha value is -1.55. The Balaban J connectivity index is 1.92. The summed E-state index contributed by atoms with van der Waals surface area (Å²) >= 11 is 3.40. The molecule has 19 heavy (non-hydrogen) atoms. The predicted molar refractivity (Wildman–Crippen MR) is 78.3 cm³/mol. The highest BCUT2D eigenvalue weighted by atomic mass is 79.9. The highest BCUT2D eigenvalue weighted by Crippen LogP contribution is 2.10. The average Bonchev–Trinajstić information content (AvgIpc) is 2.94. The van der Waals surface area contributed by atoms with Crippen LogP contribution in [0.25, 0.3) is 0 Å². The van der Waals surface area contributed by atoms with E-state index in [0.29, 0.717) is 12.3 Å². The van der Waals surface area contributed by atoms with Crippen molar-refractivity contribution in [2.24, 2.45) is 0 Å². The number of furan rings is 1. The Morgan fingerprint density at radius 1 is 1.16 bits per heavy atom. The Bertz CT molecular complexity index is 546. The van der Waals surface area contributed by atoms with Gasteiger partial charge in [0.25, 0.3) is 5.91 Å². The number of halogens is 1. The molecule has 0 aliphatic rings. The summed E-state index contributed by atoms with van der Waals surface area (Å²) in [5, 5.41) is 3.68. The molecule has 4 heteroatoms. The number of carbonyl (C=O) groups is 1. The van der Waals surface area contributed by atoms with Crippen molar-refractivity contribution in [3.63, 3.8) is 0 Å². The molecule has 1 heterocycles. The van der Waals surface area contributed by atoms with Gasteiger partial charge >= 0.3 is 0 Å². The molecule has 0 bridgehead atoms. The average molecular weight is 322 g/mol. The van der Waals surface area contributed by atoms with Crippen LogP contribution in [-0.4, -0.2) is 5.91 Å². The lowest BCUT2D eigenvalue weighted by Gasteiger charge is -2.04. The van der Waals surface area contributed by atoms with Crippen LogP contribution in [-0.2, 0) is 18.3 Å². The molecule has 3 nitrogen and oxygen atoms in total. The fourth-order valence-electron chi connectivity index (χ4n) is 1.71. The van der Waals surface area contributed by atoms with Gasteiger partial charge in [0.1, 0.15) is 5.76 Å². The molecule has 0 unspecified atom stereocenters. The molecule has 2 aromatic rings. The lowest BCUT2D eigenvalue weighted by Crippen LogP contribution is -2.22. The first-order valence-electron chi connectivity index (χ1n) is 6.23. The Labute approximate surface area is 121 Å². The molecule has 1 aromatic heterocycles. The number of benzene rings is 1. The zero-order valence-electron chi connectivity index (χ0n) is 10.8.